The Hall–Kier alpha value is -2.73. The molecule has 0 spiro atoms. The van der Waals surface area contributed by atoms with Crippen molar-refractivity contribution >= 4 is 57.2 Å². The predicted octanol–water partition coefficient (Wildman–Crippen LogP) is 4.57. The summed E-state index contributed by atoms with van der Waals surface area (Å²) in [5.74, 6) is -0.606. The standard InChI is InChI=1S/C23H22ClN5O4S2/c24-18-4-3-17(35-18)16-9-13(27-33-16)10-29-15-11-34-20(23(31)32)19(15)26-21(29)22(30)25-12-5-7-28(8-6-12)14-1-2-14/h3-4,9,11-12,14H,1-2,5-8,10H2,(H,25,30)(H,31,32). The fraction of sp³-hybridized carbons (Fsp3) is 0.391. The molecule has 1 saturated carbocycles. The molecule has 35 heavy (non-hydrogen) atoms. The zero-order valence-electron chi connectivity index (χ0n) is 18.6. The summed E-state index contributed by atoms with van der Waals surface area (Å²) in [5, 5.41) is 18.6. The van der Waals surface area contributed by atoms with Gasteiger partial charge in [0, 0.05) is 36.6 Å². The lowest BCUT2D eigenvalue weighted by atomic mass is 10.0. The molecule has 0 aromatic carbocycles. The highest BCUT2D eigenvalue weighted by Crippen LogP contribution is 2.33. The number of halogens is 1. The lowest BCUT2D eigenvalue weighted by Gasteiger charge is -2.32. The highest BCUT2D eigenvalue weighted by Gasteiger charge is 2.33. The molecule has 182 valence electrons. The molecule has 0 radical (unpaired) electrons. The van der Waals surface area contributed by atoms with Crippen LogP contribution in [0.25, 0.3) is 21.7 Å². The van der Waals surface area contributed by atoms with E-state index in [0.29, 0.717) is 26.8 Å². The number of nitrogens with zero attached hydrogens (tertiary/aromatic N) is 4. The minimum Gasteiger partial charge on any atom is -0.477 e. The second-order valence-corrected chi connectivity index (χ2v) is 11.5. The van der Waals surface area contributed by atoms with Crippen molar-refractivity contribution in [2.75, 3.05) is 13.1 Å². The number of hydrogen-bond donors (Lipinski definition) is 2. The molecule has 1 saturated heterocycles. The van der Waals surface area contributed by atoms with Gasteiger partial charge in [0.15, 0.2) is 11.6 Å². The van der Waals surface area contributed by atoms with Crippen molar-refractivity contribution in [3.63, 3.8) is 0 Å². The maximum atomic E-state index is 13.3. The molecule has 1 aliphatic carbocycles. The molecule has 4 aromatic heterocycles. The number of carboxylic acid groups (broad SMARTS) is 1. The van der Waals surface area contributed by atoms with Crippen molar-refractivity contribution in [3.05, 3.63) is 44.3 Å². The van der Waals surface area contributed by atoms with E-state index in [1.54, 1.807) is 22.1 Å². The second kappa shape index (κ2) is 9.05. The summed E-state index contributed by atoms with van der Waals surface area (Å²) < 4.78 is 7.86. The molecule has 2 aliphatic rings. The summed E-state index contributed by atoms with van der Waals surface area (Å²) in [4.78, 5) is 33.0. The SMILES string of the molecule is O=C(O)c1scc2c1nc(C(=O)NC1CCN(C3CC3)CC1)n2Cc1cc(-c2ccc(Cl)s2)on1. The predicted molar refractivity (Wildman–Crippen MR) is 134 cm³/mol. The summed E-state index contributed by atoms with van der Waals surface area (Å²) >= 11 is 8.52. The van der Waals surface area contributed by atoms with Gasteiger partial charge in [-0.25, -0.2) is 9.78 Å². The van der Waals surface area contributed by atoms with E-state index in [0.717, 1.165) is 48.2 Å². The molecule has 5 heterocycles. The Balaban J connectivity index is 1.27. The van der Waals surface area contributed by atoms with Crippen LogP contribution in [0.15, 0.2) is 28.1 Å². The molecule has 6 rings (SSSR count). The number of aromatic carboxylic acids is 1. The maximum absolute atomic E-state index is 13.3. The number of thiophene rings is 2. The van der Waals surface area contributed by atoms with E-state index >= 15 is 0 Å². The van der Waals surface area contributed by atoms with Crippen LogP contribution in [0.1, 0.15) is 51.7 Å². The van der Waals surface area contributed by atoms with Crippen molar-refractivity contribution in [2.45, 2.75) is 44.3 Å². The number of nitrogens with one attached hydrogen (secondary N) is 1. The first-order valence-corrected chi connectivity index (χ1v) is 13.5. The fourth-order valence-electron chi connectivity index (χ4n) is 4.62. The normalized spacial score (nSPS) is 17.3. The summed E-state index contributed by atoms with van der Waals surface area (Å²) in [6.45, 7) is 2.19. The molecule has 4 aromatic rings. The Morgan fingerprint density at radius 3 is 2.71 bits per heavy atom. The van der Waals surface area contributed by atoms with E-state index in [9.17, 15) is 14.7 Å². The van der Waals surface area contributed by atoms with Crippen LogP contribution >= 0.6 is 34.3 Å². The first kappa shape index (κ1) is 22.7. The smallest absolute Gasteiger partial charge is 0.348 e. The Kier molecular flexibility index (Phi) is 5.87. The third-order valence-corrected chi connectivity index (χ3v) is 8.72. The van der Waals surface area contributed by atoms with E-state index in [1.807, 2.05) is 6.07 Å². The molecular weight excluding hydrogens is 510 g/mol. The number of carbonyl (C=O) groups is 2. The summed E-state index contributed by atoms with van der Waals surface area (Å²) in [6.07, 6.45) is 4.35. The average molecular weight is 532 g/mol. The van der Waals surface area contributed by atoms with Gasteiger partial charge in [-0.2, -0.15) is 0 Å². The van der Waals surface area contributed by atoms with Crippen LogP contribution in [0, 0.1) is 0 Å². The molecule has 0 atom stereocenters. The van der Waals surface area contributed by atoms with Crippen LogP contribution in [0.5, 0.6) is 0 Å². The highest BCUT2D eigenvalue weighted by atomic mass is 35.5. The largest absolute Gasteiger partial charge is 0.477 e. The van der Waals surface area contributed by atoms with Crippen LogP contribution in [0.3, 0.4) is 0 Å². The van der Waals surface area contributed by atoms with Crippen molar-refractivity contribution in [1.82, 2.24) is 24.9 Å². The van der Waals surface area contributed by atoms with E-state index in [4.69, 9.17) is 16.1 Å². The van der Waals surface area contributed by atoms with Crippen molar-refractivity contribution in [3.8, 4) is 10.6 Å². The number of fused-ring (bicyclic) bond motifs is 1. The Bertz CT molecular complexity index is 1410. The van der Waals surface area contributed by atoms with Crippen LogP contribution in [0.4, 0.5) is 0 Å². The molecule has 12 heteroatoms. The molecular formula is C23H22ClN5O4S2. The molecule has 2 fully saturated rings. The van der Waals surface area contributed by atoms with E-state index < -0.39 is 5.97 Å². The van der Waals surface area contributed by atoms with Gasteiger partial charge in [-0.05, 0) is 37.8 Å². The van der Waals surface area contributed by atoms with Gasteiger partial charge in [0.25, 0.3) is 5.91 Å². The Morgan fingerprint density at radius 2 is 2.03 bits per heavy atom. The van der Waals surface area contributed by atoms with Crippen LogP contribution < -0.4 is 5.32 Å². The van der Waals surface area contributed by atoms with Crippen LogP contribution in [-0.2, 0) is 6.54 Å². The fourth-order valence-corrected chi connectivity index (χ4v) is 6.44. The van der Waals surface area contributed by atoms with Crippen molar-refractivity contribution in [2.24, 2.45) is 0 Å². The van der Waals surface area contributed by atoms with Gasteiger partial charge in [0.1, 0.15) is 16.1 Å². The lowest BCUT2D eigenvalue weighted by molar-refractivity contribution is 0.0703. The van der Waals surface area contributed by atoms with Crippen LogP contribution in [0.2, 0.25) is 4.34 Å². The number of carbonyl (C=O) groups excluding carboxylic acids is 1. The number of carboxylic acids is 1. The average Bonchev–Trinajstić information content (AvgIpc) is 3.16. The number of rotatable bonds is 7. The first-order chi connectivity index (χ1) is 17.0. The third kappa shape index (κ3) is 4.49. The van der Waals surface area contributed by atoms with E-state index in [1.165, 1.54) is 24.2 Å². The molecule has 2 N–H and O–H groups in total. The number of likely N-dealkylation sites (tertiary alicyclic amines) is 1. The monoisotopic (exact) mass is 531 g/mol. The van der Waals surface area contributed by atoms with Crippen LogP contribution in [-0.4, -0.2) is 61.8 Å². The highest BCUT2D eigenvalue weighted by molar-refractivity contribution is 7.19. The second-order valence-electron chi connectivity index (χ2n) is 8.93. The molecule has 9 nitrogen and oxygen atoms in total. The van der Waals surface area contributed by atoms with Gasteiger partial charge in [-0.15, -0.1) is 22.7 Å². The zero-order valence-corrected chi connectivity index (χ0v) is 21.0. The minimum absolute atomic E-state index is 0.0704. The molecule has 0 bridgehead atoms. The van der Waals surface area contributed by atoms with Crippen molar-refractivity contribution < 1.29 is 19.2 Å². The van der Waals surface area contributed by atoms with Gasteiger partial charge in [-0.3, -0.25) is 4.79 Å². The molecule has 1 aliphatic heterocycles. The molecule has 0 unspecified atom stereocenters. The number of imidazole rings is 1. The quantitative estimate of drug-likeness (QED) is 0.359. The lowest BCUT2D eigenvalue weighted by Crippen LogP contribution is -2.45. The Morgan fingerprint density at radius 1 is 1.23 bits per heavy atom. The molecule has 1 amide bonds. The summed E-state index contributed by atoms with van der Waals surface area (Å²) in [5.41, 5.74) is 1.49. The van der Waals surface area contributed by atoms with Gasteiger partial charge in [-0.1, -0.05) is 16.8 Å². The maximum Gasteiger partial charge on any atom is 0.348 e. The van der Waals surface area contributed by atoms with Gasteiger partial charge < -0.3 is 24.4 Å². The first-order valence-electron chi connectivity index (χ1n) is 11.4. The number of hydrogen-bond acceptors (Lipinski definition) is 8. The minimum atomic E-state index is -1.06. The number of piperidine rings is 1. The van der Waals surface area contributed by atoms with Gasteiger partial charge >= 0.3 is 5.97 Å². The number of amides is 1. The Labute approximate surface area is 213 Å². The van der Waals surface area contributed by atoms with Crippen molar-refractivity contribution in [1.29, 1.82) is 0 Å². The van der Waals surface area contributed by atoms with E-state index in [2.05, 4.69) is 20.4 Å². The van der Waals surface area contributed by atoms with Gasteiger partial charge in [0.05, 0.1) is 21.3 Å². The topological polar surface area (TPSA) is 113 Å². The number of aromatic nitrogens is 3. The third-order valence-electron chi connectivity index (χ3n) is 6.53. The van der Waals surface area contributed by atoms with E-state index in [-0.39, 0.29) is 29.2 Å². The summed E-state index contributed by atoms with van der Waals surface area (Å²) in [7, 11) is 0. The zero-order chi connectivity index (χ0) is 24.1. The summed E-state index contributed by atoms with van der Waals surface area (Å²) in [6, 6.07) is 6.25. The van der Waals surface area contributed by atoms with Gasteiger partial charge in [0.2, 0.25) is 0 Å².